The van der Waals surface area contributed by atoms with Crippen molar-refractivity contribution in [3.63, 3.8) is 0 Å². The Morgan fingerprint density at radius 3 is 2.64 bits per heavy atom. The lowest BCUT2D eigenvalue weighted by atomic mass is 10.1. The maximum atomic E-state index is 12.3. The molecule has 1 rings (SSSR count). The minimum Gasteiger partial charge on any atom is -0.383 e. The van der Waals surface area contributed by atoms with Gasteiger partial charge < -0.3 is 11.5 Å². The van der Waals surface area contributed by atoms with Crippen LogP contribution in [0.5, 0.6) is 0 Å². The normalized spacial score (nSPS) is 10.6. The summed E-state index contributed by atoms with van der Waals surface area (Å²) in [6.45, 7) is -0.0267. The van der Waals surface area contributed by atoms with Crippen molar-refractivity contribution in [2.75, 3.05) is 5.73 Å². The van der Waals surface area contributed by atoms with Crippen molar-refractivity contribution >= 4 is 12.1 Å². The molecule has 0 aliphatic heterocycles. The van der Waals surface area contributed by atoms with Crippen LogP contribution in [0.25, 0.3) is 0 Å². The second kappa shape index (κ2) is 4.10. The van der Waals surface area contributed by atoms with Crippen LogP contribution in [0.1, 0.15) is 28.0 Å². The van der Waals surface area contributed by atoms with E-state index in [-0.39, 0.29) is 23.6 Å². The van der Waals surface area contributed by atoms with Gasteiger partial charge in [-0.15, -0.1) is 0 Å². The summed E-state index contributed by atoms with van der Waals surface area (Å²) < 4.78 is 24.7. The van der Waals surface area contributed by atoms with Gasteiger partial charge >= 0.3 is 0 Å². The van der Waals surface area contributed by atoms with E-state index >= 15 is 0 Å². The minimum absolute atomic E-state index is 0.00870. The van der Waals surface area contributed by atoms with Gasteiger partial charge in [-0.25, -0.2) is 13.8 Å². The van der Waals surface area contributed by atoms with E-state index in [0.29, 0.717) is 6.29 Å². The number of hydrogen-bond donors (Lipinski definition) is 2. The molecule has 1 heterocycles. The molecule has 0 aliphatic carbocycles. The summed E-state index contributed by atoms with van der Waals surface area (Å²) in [5.41, 5.74) is 10.4. The smallest absolute Gasteiger partial charge is 0.267 e. The zero-order chi connectivity index (χ0) is 10.7. The number of halogens is 2. The first kappa shape index (κ1) is 10.5. The summed E-state index contributed by atoms with van der Waals surface area (Å²) in [7, 11) is 0. The Balaban J connectivity index is 3.30. The molecule has 0 unspecified atom stereocenters. The van der Waals surface area contributed by atoms with Crippen LogP contribution in [0.4, 0.5) is 14.6 Å². The van der Waals surface area contributed by atoms with Crippen LogP contribution in [0.2, 0.25) is 0 Å². The molecule has 0 saturated carbocycles. The monoisotopic (exact) mass is 201 g/mol. The lowest BCUT2D eigenvalue weighted by Gasteiger charge is -2.07. The number of rotatable bonds is 3. The Labute approximate surface area is 78.9 Å². The van der Waals surface area contributed by atoms with Crippen molar-refractivity contribution in [3.8, 4) is 0 Å². The number of hydrogen-bond acceptors (Lipinski definition) is 4. The fourth-order valence-corrected chi connectivity index (χ4v) is 1.04. The average molecular weight is 201 g/mol. The summed E-state index contributed by atoms with van der Waals surface area (Å²) in [4.78, 5) is 14.0. The first-order valence-electron chi connectivity index (χ1n) is 3.82. The molecule has 76 valence electrons. The standard InChI is InChI=1S/C8H9F2N3O/c9-7(10)5-1-4(2-11)6(3-14)13-8(5)12/h1,3,7H,2,11H2,(H2,12,13). The Kier molecular flexibility index (Phi) is 3.08. The third kappa shape index (κ3) is 1.85. The molecular formula is C8H9F2N3O. The van der Waals surface area contributed by atoms with E-state index in [1.165, 1.54) is 0 Å². The van der Waals surface area contributed by atoms with Crippen molar-refractivity contribution in [1.82, 2.24) is 4.98 Å². The van der Waals surface area contributed by atoms with Crippen LogP contribution in [0.15, 0.2) is 6.07 Å². The molecule has 0 saturated heterocycles. The molecule has 0 amide bonds. The zero-order valence-electron chi connectivity index (χ0n) is 7.21. The highest BCUT2D eigenvalue weighted by molar-refractivity contribution is 5.75. The summed E-state index contributed by atoms with van der Waals surface area (Å²) in [5, 5.41) is 0. The lowest BCUT2D eigenvalue weighted by molar-refractivity contribution is 0.111. The molecule has 0 aromatic carbocycles. The number of anilines is 1. The zero-order valence-corrected chi connectivity index (χ0v) is 7.21. The topological polar surface area (TPSA) is 82.0 Å². The van der Waals surface area contributed by atoms with E-state index in [9.17, 15) is 13.6 Å². The maximum Gasteiger partial charge on any atom is 0.267 e. The van der Waals surface area contributed by atoms with Crippen molar-refractivity contribution in [2.45, 2.75) is 13.0 Å². The van der Waals surface area contributed by atoms with Crippen molar-refractivity contribution in [1.29, 1.82) is 0 Å². The van der Waals surface area contributed by atoms with Crippen molar-refractivity contribution in [2.24, 2.45) is 5.73 Å². The molecule has 0 fully saturated rings. The van der Waals surface area contributed by atoms with Crippen LogP contribution in [-0.2, 0) is 6.54 Å². The second-order valence-corrected chi connectivity index (χ2v) is 2.63. The summed E-state index contributed by atoms with van der Waals surface area (Å²) in [6.07, 6.45) is -2.28. The van der Waals surface area contributed by atoms with E-state index in [1.807, 2.05) is 0 Å². The van der Waals surface area contributed by atoms with Crippen molar-refractivity contribution < 1.29 is 13.6 Å². The van der Waals surface area contributed by atoms with Crippen LogP contribution in [0.3, 0.4) is 0 Å². The number of nitrogens with two attached hydrogens (primary N) is 2. The molecule has 14 heavy (non-hydrogen) atoms. The molecule has 0 atom stereocenters. The van der Waals surface area contributed by atoms with Crippen LogP contribution >= 0.6 is 0 Å². The Morgan fingerprint density at radius 1 is 1.57 bits per heavy atom. The predicted octanol–water partition coefficient (Wildman–Crippen LogP) is 0.873. The predicted molar refractivity (Wildman–Crippen MR) is 46.9 cm³/mol. The molecule has 4 nitrogen and oxygen atoms in total. The Hall–Kier alpha value is -1.56. The van der Waals surface area contributed by atoms with Gasteiger partial charge in [0.2, 0.25) is 0 Å². The lowest BCUT2D eigenvalue weighted by Crippen LogP contribution is -2.08. The molecule has 1 aromatic rings. The molecule has 0 spiro atoms. The highest BCUT2D eigenvalue weighted by Crippen LogP contribution is 2.25. The van der Waals surface area contributed by atoms with E-state index in [2.05, 4.69) is 4.98 Å². The first-order valence-corrected chi connectivity index (χ1v) is 3.82. The van der Waals surface area contributed by atoms with E-state index in [0.717, 1.165) is 6.07 Å². The number of pyridine rings is 1. The number of aldehydes is 1. The Bertz CT molecular complexity index is 355. The van der Waals surface area contributed by atoms with Gasteiger partial charge in [-0.1, -0.05) is 0 Å². The van der Waals surface area contributed by atoms with Crippen LogP contribution in [-0.4, -0.2) is 11.3 Å². The number of nitrogen functional groups attached to an aromatic ring is 1. The molecular weight excluding hydrogens is 192 g/mol. The first-order chi connectivity index (χ1) is 6.60. The largest absolute Gasteiger partial charge is 0.383 e. The van der Waals surface area contributed by atoms with E-state index in [4.69, 9.17) is 11.5 Å². The average Bonchev–Trinajstić information content (AvgIpc) is 2.16. The highest BCUT2D eigenvalue weighted by atomic mass is 19.3. The van der Waals surface area contributed by atoms with Gasteiger partial charge in [0, 0.05) is 6.54 Å². The van der Waals surface area contributed by atoms with Crippen LogP contribution in [0, 0.1) is 0 Å². The Morgan fingerprint density at radius 2 is 2.21 bits per heavy atom. The third-order valence-corrected chi connectivity index (χ3v) is 1.76. The van der Waals surface area contributed by atoms with Crippen molar-refractivity contribution in [3.05, 3.63) is 22.9 Å². The van der Waals surface area contributed by atoms with Gasteiger partial charge in [0.25, 0.3) is 6.43 Å². The highest BCUT2D eigenvalue weighted by Gasteiger charge is 2.15. The number of aromatic nitrogens is 1. The molecule has 0 radical (unpaired) electrons. The number of carbonyl (C=O) groups excluding carboxylic acids is 1. The summed E-state index contributed by atoms with van der Waals surface area (Å²) >= 11 is 0. The molecule has 1 aromatic heterocycles. The van der Waals surface area contributed by atoms with Gasteiger partial charge in [0.15, 0.2) is 6.29 Å². The minimum atomic E-state index is -2.71. The second-order valence-electron chi connectivity index (χ2n) is 2.63. The third-order valence-electron chi connectivity index (χ3n) is 1.76. The fraction of sp³-hybridized carbons (Fsp3) is 0.250. The quantitative estimate of drug-likeness (QED) is 0.711. The molecule has 0 aliphatic rings. The number of nitrogens with zero attached hydrogens (tertiary/aromatic N) is 1. The van der Waals surface area contributed by atoms with Gasteiger partial charge in [-0.05, 0) is 11.6 Å². The SMILES string of the molecule is NCc1cc(C(F)F)c(N)nc1C=O. The van der Waals surface area contributed by atoms with Gasteiger partial charge in [-0.2, -0.15) is 0 Å². The molecule has 6 heteroatoms. The van der Waals surface area contributed by atoms with E-state index in [1.54, 1.807) is 0 Å². The van der Waals surface area contributed by atoms with Gasteiger partial charge in [0.05, 0.1) is 5.56 Å². The van der Waals surface area contributed by atoms with Gasteiger partial charge in [0.1, 0.15) is 11.5 Å². The molecule has 0 bridgehead atoms. The summed E-state index contributed by atoms with van der Waals surface area (Å²) in [6, 6.07) is 1.11. The maximum absolute atomic E-state index is 12.3. The number of alkyl halides is 2. The van der Waals surface area contributed by atoms with Crippen LogP contribution < -0.4 is 11.5 Å². The number of carbonyl (C=O) groups is 1. The van der Waals surface area contributed by atoms with Gasteiger partial charge in [-0.3, -0.25) is 4.79 Å². The van der Waals surface area contributed by atoms with E-state index < -0.39 is 12.0 Å². The summed E-state index contributed by atoms with van der Waals surface area (Å²) in [5.74, 6) is -0.334. The fourth-order valence-electron chi connectivity index (χ4n) is 1.04. The molecule has 4 N–H and O–H groups in total.